The Morgan fingerprint density at radius 3 is 1.94 bits per heavy atom. The average molecular weight is 258 g/mol. The number of carbonyl (C=O) groups is 1. The minimum Gasteiger partial charge on any atom is -0.300 e. The van der Waals surface area contributed by atoms with Gasteiger partial charge in [-0.2, -0.15) is 0 Å². The smallest absolute Gasteiger partial charge is 0.133 e. The third-order valence-corrected chi connectivity index (χ3v) is 7.67. The second kappa shape index (κ2) is 5.00. The van der Waals surface area contributed by atoms with Crippen molar-refractivity contribution < 1.29 is 4.79 Å². The molecular weight excluding hydrogens is 227 g/mol. The molecule has 1 aliphatic rings. The van der Waals surface area contributed by atoms with Crippen molar-refractivity contribution in [2.24, 2.45) is 0 Å². The van der Waals surface area contributed by atoms with Gasteiger partial charge in [0.15, 0.2) is 0 Å². The summed E-state index contributed by atoms with van der Waals surface area (Å²) >= 11 is 0. The molecule has 17 heavy (non-hydrogen) atoms. The lowest BCUT2D eigenvalue weighted by Gasteiger charge is -2.51. The summed E-state index contributed by atoms with van der Waals surface area (Å²) in [5.41, 5.74) is 0. The van der Waals surface area contributed by atoms with Crippen LogP contribution < -0.4 is 0 Å². The minimum absolute atomic E-state index is 0. The molecule has 0 bridgehead atoms. The van der Waals surface area contributed by atoms with Crippen LogP contribution in [0.4, 0.5) is 0 Å². The van der Waals surface area contributed by atoms with E-state index >= 15 is 0 Å². The van der Waals surface area contributed by atoms with Crippen LogP contribution in [-0.2, 0) is 4.79 Å². The molecule has 0 radical (unpaired) electrons. The fourth-order valence-electron chi connectivity index (χ4n) is 3.84. The Hall–Kier alpha value is 0.100. The Kier molecular flexibility index (Phi) is 5.03. The predicted molar refractivity (Wildman–Crippen MR) is 80.4 cm³/mol. The first-order chi connectivity index (χ1) is 6.97. The quantitative estimate of drug-likeness (QED) is 0.545. The summed E-state index contributed by atoms with van der Waals surface area (Å²) in [5.74, 6) is 0.465. The second-order valence-corrected chi connectivity index (χ2v) is 11.8. The molecule has 2 heteroatoms. The van der Waals surface area contributed by atoms with E-state index in [1.165, 1.54) is 0 Å². The summed E-state index contributed by atoms with van der Waals surface area (Å²) in [6.45, 7) is 16.4. The SMILES string of the molecule is C.CC(C)(C)P1C(C)(C)CCC(=O)CC1(C)C. The Bertz CT molecular complexity index is 284. The minimum atomic E-state index is -0.173. The molecule has 0 aromatic carbocycles. The van der Waals surface area contributed by atoms with Crippen LogP contribution in [0.2, 0.25) is 0 Å². The maximum atomic E-state index is 11.9. The first-order valence-corrected chi connectivity index (χ1v) is 7.63. The lowest BCUT2D eigenvalue weighted by Crippen LogP contribution is -2.37. The Labute approximate surface area is 110 Å². The van der Waals surface area contributed by atoms with Crippen molar-refractivity contribution in [2.45, 2.75) is 90.6 Å². The fraction of sp³-hybridized carbons (Fsp3) is 0.933. The number of hydrogen-bond donors (Lipinski definition) is 0. The number of hydrogen-bond acceptors (Lipinski definition) is 1. The molecule has 1 heterocycles. The normalized spacial score (nSPS) is 28.2. The zero-order chi connectivity index (χ0) is 12.8. The monoisotopic (exact) mass is 258 g/mol. The highest BCUT2D eigenvalue weighted by Crippen LogP contribution is 2.70. The lowest BCUT2D eigenvalue weighted by atomic mass is 10.00. The van der Waals surface area contributed by atoms with E-state index in [1.54, 1.807) is 0 Å². The predicted octanol–water partition coefficient (Wildman–Crippen LogP) is 5.21. The number of carbonyl (C=O) groups excluding carboxylic acids is 1. The van der Waals surface area contributed by atoms with E-state index in [-0.39, 0.29) is 20.5 Å². The van der Waals surface area contributed by atoms with Crippen LogP contribution >= 0.6 is 7.92 Å². The van der Waals surface area contributed by atoms with Gasteiger partial charge in [-0.3, -0.25) is 4.79 Å². The van der Waals surface area contributed by atoms with E-state index in [0.717, 1.165) is 19.3 Å². The summed E-state index contributed by atoms with van der Waals surface area (Å²) in [6, 6.07) is 0. The highest BCUT2D eigenvalue weighted by molar-refractivity contribution is 7.62. The van der Waals surface area contributed by atoms with Crippen molar-refractivity contribution >= 4 is 13.7 Å². The van der Waals surface area contributed by atoms with E-state index < -0.39 is 0 Å². The van der Waals surface area contributed by atoms with Crippen molar-refractivity contribution in [2.75, 3.05) is 0 Å². The lowest BCUT2D eigenvalue weighted by molar-refractivity contribution is -0.119. The van der Waals surface area contributed by atoms with Crippen molar-refractivity contribution in [1.82, 2.24) is 0 Å². The van der Waals surface area contributed by atoms with Crippen LogP contribution in [0.25, 0.3) is 0 Å². The number of ketones is 1. The number of Topliss-reactive ketones (excluding diaryl/α,β-unsaturated/α-hetero) is 1. The molecule has 0 spiro atoms. The summed E-state index contributed by atoms with van der Waals surface area (Å²) in [4.78, 5) is 11.9. The van der Waals surface area contributed by atoms with Gasteiger partial charge in [-0.1, -0.05) is 63.8 Å². The topological polar surface area (TPSA) is 17.1 Å². The van der Waals surface area contributed by atoms with Crippen molar-refractivity contribution in [3.63, 3.8) is 0 Å². The van der Waals surface area contributed by atoms with Crippen LogP contribution in [0, 0.1) is 0 Å². The summed E-state index contributed by atoms with van der Waals surface area (Å²) in [5, 5.41) is 0.834. The average Bonchev–Trinajstić information content (AvgIpc) is 2.01. The fourth-order valence-corrected chi connectivity index (χ4v) is 9.78. The Morgan fingerprint density at radius 1 is 1.06 bits per heavy atom. The van der Waals surface area contributed by atoms with E-state index in [1.807, 2.05) is 0 Å². The molecule has 1 nitrogen and oxygen atoms in total. The van der Waals surface area contributed by atoms with Crippen molar-refractivity contribution in [3.8, 4) is 0 Å². The van der Waals surface area contributed by atoms with Gasteiger partial charge in [0.05, 0.1) is 0 Å². The van der Waals surface area contributed by atoms with E-state index in [2.05, 4.69) is 48.5 Å². The first-order valence-electron chi connectivity index (χ1n) is 6.29. The van der Waals surface area contributed by atoms with Gasteiger partial charge in [0.2, 0.25) is 0 Å². The molecule has 0 aromatic heterocycles. The van der Waals surface area contributed by atoms with Gasteiger partial charge < -0.3 is 0 Å². The van der Waals surface area contributed by atoms with Gasteiger partial charge in [-0.25, -0.2) is 0 Å². The van der Waals surface area contributed by atoms with E-state index in [9.17, 15) is 4.79 Å². The molecule has 0 saturated carbocycles. The van der Waals surface area contributed by atoms with Crippen molar-refractivity contribution in [3.05, 3.63) is 0 Å². The first kappa shape index (κ1) is 17.1. The summed E-state index contributed by atoms with van der Waals surface area (Å²) in [7, 11) is -0.173. The largest absolute Gasteiger partial charge is 0.300 e. The van der Waals surface area contributed by atoms with Crippen LogP contribution in [0.3, 0.4) is 0 Å². The molecule has 102 valence electrons. The Morgan fingerprint density at radius 2 is 1.53 bits per heavy atom. The molecule has 0 aliphatic carbocycles. The second-order valence-electron chi connectivity index (χ2n) is 7.35. The molecule has 0 N–H and O–H groups in total. The van der Waals surface area contributed by atoms with Crippen LogP contribution in [0.1, 0.15) is 75.2 Å². The molecule has 1 aliphatic heterocycles. The maximum Gasteiger partial charge on any atom is 0.133 e. The molecule has 0 amide bonds. The zero-order valence-corrected chi connectivity index (χ0v) is 12.9. The van der Waals surface area contributed by atoms with Gasteiger partial charge in [-0.05, 0) is 21.9 Å². The van der Waals surface area contributed by atoms with E-state index in [4.69, 9.17) is 0 Å². The van der Waals surface area contributed by atoms with Gasteiger partial charge in [0.1, 0.15) is 5.78 Å². The van der Waals surface area contributed by atoms with Gasteiger partial charge in [0.25, 0.3) is 0 Å². The van der Waals surface area contributed by atoms with Crippen LogP contribution in [0.15, 0.2) is 0 Å². The van der Waals surface area contributed by atoms with Crippen LogP contribution in [-0.4, -0.2) is 21.3 Å². The van der Waals surface area contributed by atoms with E-state index in [0.29, 0.717) is 16.1 Å². The van der Waals surface area contributed by atoms with Gasteiger partial charge in [-0.15, -0.1) is 0 Å². The molecule has 1 atom stereocenters. The standard InChI is InChI=1S/C14H27OP.CH4/c1-12(2,3)16-13(4,5)9-8-11(15)10-14(16,6)7;/h8-10H2,1-7H3;1H4. The van der Waals surface area contributed by atoms with Crippen LogP contribution in [0.5, 0.6) is 0 Å². The molecule has 1 unspecified atom stereocenters. The maximum absolute atomic E-state index is 11.9. The third kappa shape index (κ3) is 3.78. The van der Waals surface area contributed by atoms with Crippen molar-refractivity contribution in [1.29, 1.82) is 0 Å². The van der Waals surface area contributed by atoms with Gasteiger partial charge >= 0.3 is 0 Å². The highest BCUT2D eigenvalue weighted by Gasteiger charge is 2.48. The summed E-state index contributed by atoms with van der Waals surface area (Å²) < 4.78 is 0. The highest BCUT2D eigenvalue weighted by atomic mass is 31.1. The van der Waals surface area contributed by atoms with Gasteiger partial charge in [0, 0.05) is 12.8 Å². The summed E-state index contributed by atoms with van der Waals surface area (Å²) in [6.07, 6.45) is 2.63. The Balaban J connectivity index is 0.00000256. The number of rotatable bonds is 0. The third-order valence-electron chi connectivity index (χ3n) is 3.53. The molecule has 1 fully saturated rings. The molecule has 0 aromatic rings. The zero-order valence-electron chi connectivity index (χ0n) is 12.0. The molecular formula is C15H31OP. The molecule has 1 rings (SSSR count). The molecule has 1 saturated heterocycles.